The summed E-state index contributed by atoms with van der Waals surface area (Å²) in [6, 6.07) is 15.4. The number of ketones is 2. The molecule has 27 heavy (non-hydrogen) atoms. The monoisotopic (exact) mass is 359 g/mol. The maximum atomic E-state index is 12.9. The van der Waals surface area contributed by atoms with Crippen LogP contribution in [0.15, 0.2) is 77.9 Å². The first kappa shape index (κ1) is 17.0. The lowest BCUT2D eigenvalue weighted by molar-refractivity contribution is 0.0964. The molecule has 1 unspecified atom stereocenters. The number of rotatable bonds is 3. The first-order valence-corrected chi connectivity index (χ1v) is 8.70. The van der Waals surface area contributed by atoms with Gasteiger partial charge in [0, 0.05) is 22.3 Å². The Kier molecular flexibility index (Phi) is 4.42. The lowest BCUT2D eigenvalue weighted by Crippen LogP contribution is -2.41. The fourth-order valence-electron chi connectivity index (χ4n) is 3.41. The Morgan fingerprint density at radius 3 is 2.37 bits per heavy atom. The second-order valence-corrected chi connectivity index (χ2v) is 6.41. The van der Waals surface area contributed by atoms with E-state index in [0.717, 1.165) is 5.56 Å². The third-order valence-corrected chi connectivity index (χ3v) is 4.71. The number of hydrogen-bond donors (Lipinski definition) is 1. The van der Waals surface area contributed by atoms with E-state index in [1.54, 1.807) is 36.4 Å². The minimum absolute atomic E-state index is 0.130. The number of carbonyl (C=O) groups is 3. The van der Waals surface area contributed by atoms with Gasteiger partial charge in [-0.3, -0.25) is 9.59 Å². The normalized spacial score (nSPS) is 18.0. The van der Waals surface area contributed by atoms with Crippen molar-refractivity contribution in [2.45, 2.75) is 19.1 Å². The average molecular weight is 359 g/mol. The van der Waals surface area contributed by atoms with Crippen molar-refractivity contribution >= 4 is 17.7 Å². The molecule has 5 nitrogen and oxygen atoms in total. The van der Waals surface area contributed by atoms with Crippen LogP contribution in [0.2, 0.25) is 0 Å². The van der Waals surface area contributed by atoms with Gasteiger partial charge in [-0.2, -0.15) is 0 Å². The number of amides is 1. The maximum Gasteiger partial charge on any atom is 0.408 e. The molecule has 1 atom stereocenters. The van der Waals surface area contributed by atoms with Crippen LogP contribution in [0.4, 0.5) is 4.79 Å². The van der Waals surface area contributed by atoms with Crippen molar-refractivity contribution in [3.05, 3.63) is 94.6 Å². The van der Waals surface area contributed by atoms with E-state index in [2.05, 4.69) is 5.32 Å². The average Bonchev–Trinajstić information content (AvgIpc) is 2.71. The van der Waals surface area contributed by atoms with Crippen molar-refractivity contribution in [1.82, 2.24) is 5.32 Å². The summed E-state index contributed by atoms with van der Waals surface area (Å²) in [6.45, 7) is 0.130. The minimum Gasteiger partial charge on any atom is -0.445 e. The standard InChI is InChI=1S/C22H17NO4/c24-20-15-9-4-5-10-16(15)21(25)19-17(20)11-6-12-18(19)23-22(26)27-13-14-7-2-1-3-8-14/h1-10,12,18H,11,13H2,(H,23,26). The van der Waals surface area contributed by atoms with Crippen LogP contribution in [0.25, 0.3) is 0 Å². The summed E-state index contributed by atoms with van der Waals surface area (Å²) in [6.07, 6.45) is 3.26. The molecule has 0 spiro atoms. The molecule has 0 radical (unpaired) electrons. The molecule has 1 amide bonds. The van der Waals surface area contributed by atoms with Gasteiger partial charge in [0.05, 0.1) is 6.04 Å². The van der Waals surface area contributed by atoms with Crippen LogP contribution in [-0.4, -0.2) is 23.7 Å². The van der Waals surface area contributed by atoms with Gasteiger partial charge in [0.2, 0.25) is 0 Å². The SMILES string of the molecule is O=C(NC1C=CCC2=C1C(=O)c1ccccc1C2=O)OCc1ccccc1. The summed E-state index contributed by atoms with van der Waals surface area (Å²) >= 11 is 0. The molecule has 5 heteroatoms. The quantitative estimate of drug-likeness (QED) is 0.850. The highest BCUT2D eigenvalue weighted by Gasteiger charge is 2.36. The van der Waals surface area contributed by atoms with E-state index in [4.69, 9.17) is 4.74 Å². The lowest BCUT2D eigenvalue weighted by atomic mass is 9.78. The van der Waals surface area contributed by atoms with Gasteiger partial charge >= 0.3 is 6.09 Å². The third-order valence-electron chi connectivity index (χ3n) is 4.71. The number of nitrogens with one attached hydrogen (secondary N) is 1. The number of alkyl carbamates (subject to hydrolysis) is 1. The fraction of sp³-hybridized carbons (Fsp3) is 0.136. The number of fused-ring (bicyclic) bond motifs is 1. The van der Waals surface area contributed by atoms with Crippen molar-refractivity contribution in [1.29, 1.82) is 0 Å². The molecule has 2 aliphatic rings. The molecule has 4 rings (SSSR count). The van der Waals surface area contributed by atoms with E-state index >= 15 is 0 Å². The van der Waals surface area contributed by atoms with Crippen LogP contribution >= 0.6 is 0 Å². The van der Waals surface area contributed by atoms with Crippen molar-refractivity contribution in [2.75, 3.05) is 0 Å². The second kappa shape index (κ2) is 7.03. The van der Waals surface area contributed by atoms with Gasteiger partial charge in [0.15, 0.2) is 11.6 Å². The molecule has 0 bridgehead atoms. The van der Waals surface area contributed by atoms with Crippen LogP contribution < -0.4 is 5.32 Å². The highest BCUT2D eigenvalue weighted by atomic mass is 16.5. The molecule has 0 heterocycles. The first-order valence-electron chi connectivity index (χ1n) is 8.70. The van der Waals surface area contributed by atoms with Crippen LogP contribution in [0, 0.1) is 0 Å². The highest BCUT2D eigenvalue weighted by molar-refractivity contribution is 6.27. The number of benzene rings is 2. The van der Waals surface area contributed by atoms with E-state index in [9.17, 15) is 14.4 Å². The summed E-state index contributed by atoms with van der Waals surface area (Å²) in [5.74, 6) is -0.382. The van der Waals surface area contributed by atoms with Gasteiger partial charge in [0.1, 0.15) is 6.61 Å². The molecule has 134 valence electrons. The smallest absolute Gasteiger partial charge is 0.408 e. The molecular weight excluding hydrogens is 342 g/mol. The van der Waals surface area contributed by atoms with Gasteiger partial charge in [-0.25, -0.2) is 4.79 Å². The highest BCUT2D eigenvalue weighted by Crippen LogP contribution is 2.32. The summed E-state index contributed by atoms with van der Waals surface area (Å²) in [5.41, 5.74) is 2.43. The zero-order chi connectivity index (χ0) is 18.8. The molecule has 0 fully saturated rings. The Labute approximate surface area is 156 Å². The summed E-state index contributed by atoms with van der Waals surface area (Å²) < 4.78 is 5.24. The van der Waals surface area contributed by atoms with E-state index in [1.807, 2.05) is 30.3 Å². The molecule has 2 aromatic carbocycles. The van der Waals surface area contributed by atoms with Gasteiger partial charge in [-0.05, 0) is 12.0 Å². The summed E-state index contributed by atoms with van der Waals surface area (Å²) in [7, 11) is 0. The van der Waals surface area contributed by atoms with E-state index < -0.39 is 12.1 Å². The lowest BCUT2D eigenvalue weighted by Gasteiger charge is -2.28. The van der Waals surface area contributed by atoms with Crippen LogP contribution in [0.5, 0.6) is 0 Å². The number of hydrogen-bond acceptors (Lipinski definition) is 4. The van der Waals surface area contributed by atoms with Crippen molar-refractivity contribution in [3.8, 4) is 0 Å². The fourth-order valence-corrected chi connectivity index (χ4v) is 3.41. The largest absolute Gasteiger partial charge is 0.445 e. The molecular formula is C22H17NO4. The third kappa shape index (κ3) is 3.19. The summed E-state index contributed by atoms with van der Waals surface area (Å²) in [5, 5.41) is 2.69. The predicted octanol–water partition coefficient (Wildman–Crippen LogP) is 3.62. The Balaban J connectivity index is 1.53. The number of carbonyl (C=O) groups excluding carboxylic acids is 3. The van der Waals surface area contributed by atoms with Gasteiger partial charge in [-0.1, -0.05) is 66.7 Å². The Morgan fingerprint density at radius 2 is 1.63 bits per heavy atom. The summed E-state index contributed by atoms with van der Waals surface area (Å²) in [4.78, 5) is 37.9. The van der Waals surface area contributed by atoms with Crippen LogP contribution in [-0.2, 0) is 11.3 Å². The number of ether oxygens (including phenoxy) is 1. The minimum atomic E-state index is -0.679. The topological polar surface area (TPSA) is 72.5 Å². The molecule has 0 aliphatic heterocycles. The van der Waals surface area contributed by atoms with E-state index in [1.165, 1.54) is 0 Å². The Bertz CT molecular complexity index is 988. The van der Waals surface area contributed by atoms with Crippen LogP contribution in [0.1, 0.15) is 32.7 Å². The number of Topliss-reactive ketones (excluding diaryl/α,β-unsaturated/α-hetero) is 2. The van der Waals surface area contributed by atoms with Crippen molar-refractivity contribution < 1.29 is 19.1 Å². The molecule has 0 saturated carbocycles. The van der Waals surface area contributed by atoms with E-state index in [0.29, 0.717) is 28.7 Å². The molecule has 0 aromatic heterocycles. The predicted molar refractivity (Wildman–Crippen MR) is 99.4 cm³/mol. The van der Waals surface area contributed by atoms with E-state index in [-0.39, 0.29) is 18.2 Å². The zero-order valence-electron chi connectivity index (χ0n) is 14.5. The maximum absolute atomic E-state index is 12.9. The first-order chi connectivity index (χ1) is 13.1. The van der Waals surface area contributed by atoms with Crippen LogP contribution in [0.3, 0.4) is 0 Å². The van der Waals surface area contributed by atoms with Crippen molar-refractivity contribution in [3.63, 3.8) is 0 Å². The van der Waals surface area contributed by atoms with Gasteiger partial charge in [-0.15, -0.1) is 0 Å². The number of allylic oxidation sites excluding steroid dienone is 2. The molecule has 1 N–H and O–H groups in total. The molecule has 2 aromatic rings. The second-order valence-electron chi connectivity index (χ2n) is 6.41. The Hall–Kier alpha value is -3.47. The van der Waals surface area contributed by atoms with Gasteiger partial charge < -0.3 is 10.1 Å². The van der Waals surface area contributed by atoms with Crippen molar-refractivity contribution in [2.24, 2.45) is 0 Å². The molecule has 0 saturated heterocycles. The van der Waals surface area contributed by atoms with Gasteiger partial charge in [0.25, 0.3) is 0 Å². The zero-order valence-corrected chi connectivity index (χ0v) is 14.5. The Morgan fingerprint density at radius 1 is 0.963 bits per heavy atom. The molecule has 2 aliphatic carbocycles.